The molecule has 4 nitrogen and oxygen atoms in total. The van der Waals surface area contributed by atoms with E-state index in [4.69, 9.17) is 4.98 Å². The van der Waals surface area contributed by atoms with Gasteiger partial charge < -0.3 is 5.32 Å². The van der Waals surface area contributed by atoms with E-state index in [0.717, 1.165) is 44.1 Å². The van der Waals surface area contributed by atoms with Gasteiger partial charge in [0.25, 0.3) is 0 Å². The van der Waals surface area contributed by atoms with Gasteiger partial charge in [0.05, 0.1) is 5.54 Å². The Morgan fingerprint density at radius 2 is 2.00 bits per heavy atom. The normalized spacial score (nSPS) is 17.9. The maximum Gasteiger partial charge on any atom is 0.148 e. The first-order valence-electron chi connectivity index (χ1n) is 7.28. The molecular formula is C15H26N4. The van der Waals surface area contributed by atoms with Gasteiger partial charge in [-0.1, -0.05) is 13.8 Å². The molecule has 0 atom stereocenters. The Bertz CT molecular complexity index is 408. The van der Waals surface area contributed by atoms with E-state index in [-0.39, 0.29) is 5.54 Å². The zero-order valence-corrected chi connectivity index (χ0v) is 12.6. The van der Waals surface area contributed by atoms with Crippen LogP contribution < -0.4 is 5.32 Å². The van der Waals surface area contributed by atoms with Crippen LogP contribution in [0.15, 0.2) is 12.3 Å². The SMILES string of the molecule is CC(C)Cc1ccnc(C(C)(C)N2CCNCC2)n1. The second kappa shape index (κ2) is 5.97. The lowest BCUT2D eigenvalue weighted by molar-refractivity contribution is 0.0945. The molecule has 0 spiro atoms. The second-order valence-electron chi connectivity index (χ2n) is 6.27. The van der Waals surface area contributed by atoms with Gasteiger partial charge in [-0.05, 0) is 32.3 Å². The van der Waals surface area contributed by atoms with Gasteiger partial charge in [-0.3, -0.25) is 4.90 Å². The highest BCUT2D eigenvalue weighted by atomic mass is 15.3. The fourth-order valence-electron chi connectivity index (χ4n) is 2.59. The number of nitrogens with zero attached hydrogens (tertiary/aromatic N) is 3. The molecule has 2 heterocycles. The number of hydrogen-bond acceptors (Lipinski definition) is 4. The van der Waals surface area contributed by atoms with Crippen molar-refractivity contribution in [2.75, 3.05) is 26.2 Å². The van der Waals surface area contributed by atoms with Crippen LogP contribution in [0, 0.1) is 5.92 Å². The Balaban J connectivity index is 2.18. The van der Waals surface area contributed by atoms with E-state index >= 15 is 0 Å². The van der Waals surface area contributed by atoms with Crippen molar-refractivity contribution in [2.24, 2.45) is 5.92 Å². The van der Waals surface area contributed by atoms with E-state index in [1.807, 2.05) is 12.3 Å². The highest BCUT2D eigenvalue weighted by Gasteiger charge is 2.32. The number of hydrogen-bond donors (Lipinski definition) is 1. The van der Waals surface area contributed by atoms with Gasteiger partial charge in [0, 0.05) is 38.1 Å². The largest absolute Gasteiger partial charge is 0.314 e. The Morgan fingerprint density at radius 3 is 2.63 bits per heavy atom. The smallest absolute Gasteiger partial charge is 0.148 e. The summed E-state index contributed by atoms with van der Waals surface area (Å²) >= 11 is 0. The summed E-state index contributed by atoms with van der Waals surface area (Å²) in [6, 6.07) is 2.04. The van der Waals surface area contributed by atoms with Crippen LogP contribution in [0.5, 0.6) is 0 Å². The van der Waals surface area contributed by atoms with Crippen LogP contribution in [-0.2, 0) is 12.0 Å². The lowest BCUT2D eigenvalue weighted by Crippen LogP contribution is -2.52. The third-order valence-electron chi connectivity index (χ3n) is 3.79. The third kappa shape index (κ3) is 3.51. The molecule has 1 aromatic heterocycles. The van der Waals surface area contributed by atoms with Gasteiger partial charge in [-0.2, -0.15) is 0 Å². The average molecular weight is 262 g/mol. The Labute approximate surface area is 116 Å². The predicted molar refractivity (Wildman–Crippen MR) is 78.0 cm³/mol. The molecule has 1 N–H and O–H groups in total. The summed E-state index contributed by atoms with van der Waals surface area (Å²) in [4.78, 5) is 11.8. The number of aromatic nitrogens is 2. The van der Waals surface area contributed by atoms with Crippen LogP contribution in [0.4, 0.5) is 0 Å². The zero-order chi connectivity index (χ0) is 13.9. The first-order chi connectivity index (χ1) is 9.00. The third-order valence-corrected chi connectivity index (χ3v) is 3.79. The molecule has 0 unspecified atom stereocenters. The van der Waals surface area contributed by atoms with Crippen LogP contribution in [0.3, 0.4) is 0 Å². The van der Waals surface area contributed by atoms with Gasteiger partial charge in [0.2, 0.25) is 0 Å². The lowest BCUT2D eigenvalue weighted by atomic mass is 10.00. The maximum absolute atomic E-state index is 4.79. The Kier molecular flexibility index (Phi) is 4.53. The minimum atomic E-state index is -0.0882. The van der Waals surface area contributed by atoms with Crippen molar-refractivity contribution < 1.29 is 0 Å². The molecule has 0 radical (unpaired) electrons. The molecule has 1 aliphatic rings. The molecular weight excluding hydrogens is 236 g/mol. The van der Waals surface area contributed by atoms with Gasteiger partial charge in [0.15, 0.2) is 0 Å². The van der Waals surface area contributed by atoms with Crippen molar-refractivity contribution in [3.05, 3.63) is 23.8 Å². The number of nitrogens with one attached hydrogen (secondary N) is 1. The summed E-state index contributed by atoms with van der Waals surface area (Å²) in [6.07, 6.45) is 2.93. The van der Waals surface area contributed by atoms with E-state index in [9.17, 15) is 0 Å². The monoisotopic (exact) mass is 262 g/mol. The van der Waals surface area contributed by atoms with Crippen molar-refractivity contribution in [3.8, 4) is 0 Å². The van der Waals surface area contributed by atoms with Gasteiger partial charge >= 0.3 is 0 Å². The molecule has 19 heavy (non-hydrogen) atoms. The van der Waals surface area contributed by atoms with Crippen molar-refractivity contribution in [3.63, 3.8) is 0 Å². The van der Waals surface area contributed by atoms with Gasteiger partial charge in [0.1, 0.15) is 5.82 Å². The van der Waals surface area contributed by atoms with Crippen LogP contribution in [0.2, 0.25) is 0 Å². The fourth-order valence-corrected chi connectivity index (χ4v) is 2.59. The highest BCUT2D eigenvalue weighted by molar-refractivity contribution is 5.10. The van der Waals surface area contributed by atoms with Crippen molar-refractivity contribution in [1.82, 2.24) is 20.2 Å². The predicted octanol–water partition coefficient (Wildman–Crippen LogP) is 1.82. The molecule has 0 saturated carbocycles. The standard InChI is InChI=1S/C15H26N4/c1-12(2)11-13-5-6-17-14(18-13)15(3,4)19-9-7-16-8-10-19/h5-6,12,16H,7-11H2,1-4H3. The molecule has 4 heteroatoms. The molecule has 0 bridgehead atoms. The van der Waals surface area contributed by atoms with Crippen LogP contribution in [0.1, 0.15) is 39.2 Å². The molecule has 1 fully saturated rings. The summed E-state index contributed by atoms with van der Waals surface area (Å²) in [7, 11) is 0. The van der Waals surface area contributed by atoms with Crippen LogP contribution >= 0.6 is 0 Å². The van der Waals surface area contributed by atoms with E-state index in [2.05, 4.69) is 42.9 Å². The second-order valence-corrected chi connectivity index (χ2v) is 6.27. The van der Waals surface area contributed by atoms with E-state index in [1.54, 1.807) is 0 Å². The average Bonchev–Trinajstić information content (AvgIpc) is 2.39. The quantitative estimate of drug-likeness (QED) is 0.898. The van der Waals surface area contributed by atoms with E-state index in [1.165, 1.54) is 0 Å². The molecule has 1 aliphatic heterocycles. The van der Waals surface area contributed by atoms with Crippen molar-refractivity contribution >= 4 is 0 Å². The van der Waals surface area contributed by atoms with Crippen LogP contribution in [0.25, 0.3) is 0 Å². The maximum atomic E-state index is 4.79. The van der Waals surface area contributed by atoms with Crippen LogP contribution in [-0.4, -0.2) is 41.0 Å². The van der Waals surface area contributed by atoms with Gasteiger partial charge in [-0.25, -0.2) is 9.97 Å². The first kappa shape index (κ1) is 14.4. The van der Waals surface area contributed by atoms with Crippen molar-refractivity contribution in [2.45, 2.75) is 39.7 Å². The summed E-state index contributed by atoms with van der Waals surface area (Å²) in [5.41, 5.74) is 1.07. The lowest BCUT2D eigenvalue weighted by Gasteiger charge is -2.40. The van der Waals surface area contributed by atoms with E-state index < -0.39 is 0 Å². The molecule has 0 aromatic carbocycles. The number of piperazine rings is 1. The first-order valence-corrected chi connectivity index (χ1v) is 7.28. The summed E-state index contributed by atoms with van der Waals surface area (Å²) in [6.45, 7) is 13.1. The highest BCUT2D eigenvalue weighted by Crippen LogP contribution is 2.25. The zero-order valence-electron chi connectivity index (χ0n) is 12.6. The Hall–Kier alpha value is -1.00. The molecule has 1 saturated heterocycles. The van der Waals surface area contributed by atoms with E-state index in [0.29, 0.717) is 5.92 Å². The fraction of sp³-hybridized carbons (Fsp3) is 0.733. The molecule has 0 aliphatic carbocycles. The summed E-state index contributed by atoms with van der Waals surface area (Å²) in [5, 5.41) is 3.39. The molecule has 0 amide bonds. The molecule has 2 rings (SSSR count). The summed E-state index contributed by atoms with van der Waals surface area (Å²) < 4.78 is 0. The van der Waals surface area contributed by atoms with Gasteiger partial charge in [-0.15, -0.1) is 0 Å². The minimum absolute atomic E-state index is 0.0882. The Morgan fingerprint density at radius 1 is 1.32 bits per heavy atom. The molecule has 1 aromatic rings. The number of rotatable bonds is 4. The summed E-state index contributed by atoms with van der Waals surface area (Å²) in [5.74, 6) is 1.58. The minimum Gasteiger partial charge on any atom is -0.314 e. The van der Waals surface area contributed by atoms with Crippen molar-refractivity contribution in [1.29, 1.82) is 0 Å². The molecule has 106 valence electrons. The topological polar surface area (TPSA) is 41.1 Å².